The van der Waals surface area contributed by atoms with Gasteiger partial charge in [-0.25, -0.2) is 0 Å². The first kappa shape index (κ1) is 20.9. The van der Waals surface area contributed by atoms with Crippen LogP contribution in [0.5, 0.6) is 0 Å². The fraction of sp³-hybridized carbons (Fsp3) is 0.462. The van der Waals surface area contributed by atoms with E-state index in [0.717, 1.165) is 41.6 Å². The van der Waals surface area contributed by atoms with Gasteiger partial charge in [-0.2, -0.15) is 0 Å². The molecule has 3 atom stereocenters. The number of fused-ring (bicyclic) bond motifs is 3. The van der Waals surface area contributed by atoms with Crippen LogP contribution < -0.4 is 10.2 Å². The normalized spacial score (nSPS) is 25.8. The molecule has 6 heteroatoms. The van der Waals surface area contributed by atoms with Crippen LogP contribution >= 0.6 is 0 Å². The SMILES string of the molecule is Cc1cc(C)cc(N2C(=O)c3cc4occc4n3CC2(C)C(=O)NC2CCCCC2C)c1. The number of nitrogens with zero attached hydrogens (tertiary/aromatic N) is 2. The van der Waals surface area contributed by atoms with Crippen molar-refractivity contribution in [1.29, 1.82) is 0 Å². The number of aromatic nitrogens is 1. The zero-order valence-corrected chi connectivity index (χ0v) is 19.3. The van der Waals surface area contributed by atoms with E-state index in [-0.39, 0.29) is 17.9 Å². The van der Waals surface area contributed by atoms with Crippen LogP contribution in [-0.2, 0) is 11.3 Å². The zero-order chi connectivity index (χ0) is 22.6. The predicted octanol–water partition coefficient (Wildman–Crippen LogP) is 4.97. The van der Waals surface area contributed by atoms with Crippen LogP contribution in [0.25, 0.3) is 11.1 Å². The Morgan fingerprint density at radius 3 is 2.56 bits per heavy atom. The van der Waals surface area contributed by atoms with Gasteiger partial charge in [0.1, 0.15) is 11.2 Å². The molecule has 2 amide bonds. The third kappa shape index (κ3) is 3.24. The summed E-state index contributed by atoms with van der Waals surface area (Å²) < 4.78 is 7.50. The van der Waals surface area contributed by atoms with Gasteiger partial charge in [-0.3, -0.25) is 14.5 Å². The number of nitrogens with one attached hydrogen (secondary N) is 1. The Labute approximate surface area is 188 Å². The molecule has 0 saturated heterocycles. The van der Waals surface area contributed by atoms with Crippen LogP contribution in [0.2, 0.25) is 0 Å². The Balaban J connectivity index is 1.61. The van der Waals surface area contributed by atoms with E-state index in [1.165, 1.54) is 6.42 Å². The second-order valence-corrected chi connectivity index (χ2v) is 9.89. The molecule has 32 heavy (non-hydrogen) atoms. The van der Waals surface area contributed by atoms with Crippen molar-refractivity contribution >= 4 is 28.6 Å². The molecular weight excluding hydrogens is 402 g/mol. The van der Waals surface area contributed by atoms with Gasteiger partial charge in [-0.05, 0) is 62.8 Å². The summed E-state index contributed by atoms with van der Waals surface area (Å²) in [5.41, 5.74) is 3.88. The third-order valence-electron chi connectivity index (χ3n) is 7.29. The Bertz CT molecular complexity index is 1190. The van der Waals surface area contributed by atoms with Crippen LogP contribution in [0.1, 0.15) is 61.1 Å². The van der Waals surface area contributed by atoms with Crippen molar-refractivity contribution in [3.05, 3.63) is 53.4 Å². The highest BCUT2D eigenvalue weighted by Crippen LogP contribution is 2.37. The molecule has 2 aliphatic rings. The van der Waals surface area contributed by atoms with Gasteiger partial charge in [0.25, 0.3) is 5.91 Å². The Morgan fingerprint density at radius 1 is 1.12 bits per heavy atom. The summed E-state index contributed by atoms with van der Waals surface area (Å²) in [6, 6.07) is 9.84. The zero-order valence-electron chi connectivity index (χ0n) is 19.3. The molecular formula is C26H31N3O3. The summed E-state index contributed by atoms with van der Waals surface area (Å²) in [4.78, 5) is 29.5. The van der Waals surface area contributed by atoms with E-state index in [2.05, 4.69) is 18.3 Å². The van der Waals surface area contributed by atoms with Crippen molar-refractivity contribution in [1.82, 2.24) is 9.88 Å². The predicted molar refractivity (Wildman–Crippen MR) is 125 cm³/mol. The van der Waals surface area contributed by atoms with E-state index in [1.54, 1.807) is 17.2 Å². The number of hydrogen-bond donors (Lipinski definition) is 1. The Kier molecular flexibility index (Phi) is 4.91. The molecule has 1 saturated carbocycles. The first-order chi connectivity index (χ1) is 15.3. The van der Waals surface area contributed by atoms with Crippen molar-refractivity contribution in [2.24, 2.45) is 5.92 Å². The summed E-state index contributed by atoms with van der Waals surface area (Å²) in [6.45, 7) is 8.50. The molecule has 1 aliphatic carbocycles. The van der Waals surface area contributed by atoms with Crippen LogP contribution in [-0.4, -0.2) is 28.0 Å². The first-order valence-electron chi connectivity index (χ1n) is 11.6. The molecule has 0 spiro atoms. The van der Waals surface area contributed by atoms with Gasteiger partial charge >= 0.3 is 0 Å². The maximum atomic E-state index is 13.9. The third-order valence-corrected chi connectivity index (χ3v) is 7.29. The molecule has 1 aliphatic heterocycles. The second-order valence-electron chi connectivity index (χ2n) is 9.89. The summed E-state index contributed by atoms with van der Waals surface area (Å²) in [7, 11) is 0. The van der Waals surface area contributed by atoms with Crippen molar-refractivity contribution < 1.29 is 14.0 Å². The Hall–Kier alpha value is -3.02. The van der Waals surface area contributed by atoms with Crippen LogP contribution in [0, 0.1) is 19.8 Å². The highest BCUT2D eigenvalue weighted by molar-refractivity contribution is 6.13. The van der Waals surface area contributed by atoms with E-state index in [9.17, 15) is 9.59 Å². The fourth-order valence-electron chi connectivity index (χ4n) is 5.55. The van der Waals surface area contributed by atoms with Gasteiger partial charge in [0.2, 0.25) is 5.91 Å². The maximum absolute atomic E-state index is 13.9. The number of amides is 2. The number of benzene rings is 1. The molecule has 1 aromatic carbocycles. The van der Waals surface area contributed by atoms with Crippen LogP contribution in [0.3, 0.4) is 0 Å². The van der Waals surface area contributed by atoms with Crippen molar-refractivity contribution in [3.63, 3.8) is 0 Å². The Morgan fingerprint density at radius 2 is 1.84 bits per heavy atom. The van der Waals surface area contributed by atoms with Gasteiger partial charge in [0, 0.05) is 23.9 Å². The smallest absolute Gasteiger partial charge is 0.276 e. The molecule has 3 heterocycles. The number of furan rings is 1. The lowest BCUT2D eigenvalue weighted by molar-refractivity contribution is -0.127. The number of aryl methyl sites for hydroxylation is 2. The van der Waals surface area contributed by atoms with Crippen LogP contribution in [0.15, 0.2) is 41.0 Å². The molecule has 6 nitrogen and oxygen atoms in total. The number of rotatable bonds is 3. The molecule has 5 rings (SSSR count). The topological polar surface area (TPSA) is 67.5 Å². The van der Waals surface area contributed by atoms with Gasteiger partial charge < -0.3 is 14.3 Å². The second kappa shape index (κ2) is 7.54. The highest BCUT2D eigenvalue weighted by atomic mass is 16.3. The lowest BCUT2D eigenvalue weighted by Gasteiger charge is -2.45. The average molecular weight is 434 g/mol. The average Bonchev–Trinajstić information content (AvgIpc) is 3.31. The molecule has 168 valence electrons. The van der Waals surface area contributed by atoms with Gasteiger partial charge in [0.05, 0.1) is 18.3 Å². The van der Waals surface area contributed by atoms with Crippen molar-refractivity contribution in [2.45, 2.75) is 71.5 Å². The number of hydrogen-bond acceptors (Lipinski definition) is 3. The van der Waals surface area contributed by atoms with E-state index in [0.29, 0.717) is 23.7 Å². The van der Waals surface area contributed by atoms with E-state index in [1.807, 2.05) is 43.5 Å². The number of carbonyl (C=O) groups is 2. The molecule has 0 bridgehead atoms. The highest BCUT2D eigenvalue weighted by Gasteiger charge is 2.49. The lowest BCUT2D eigenvalue weighted by atomic mass is 9.84. The molecule has 1 N–H and O–H groups in total. The first-order valence-corrected chi connectivity index (χ1v) is 11.6. The minimum absolute atomic E-state index is 0.0974. The molecule has 3 aromatic rings. The van der Waals surface area contributed by atoms with Gasteiger partial charge in [0.15, 0.2) is 5.58 Å². The summed E-state index contributed by atoms with van der Waals surface area (Å²) in [5, 5.41) is 3.32. The maximum Gasteiger partial charge on any atom is 0.276 e. The van der Waals surface area contributed by atoms with E-state index < -0.39 is 5.54 Å². The number of anilines is 1. The van der Waals surface area contributed by atoms with Gasteiger partial charge in [-0.1, -0.05) is 25.8 Å². The number of carbonyl (C=O) groups excluding carboxylic acids is 2. The largest absolute Gasteiger partial charge is 0.463 e. The van der Waals surface area contributed by atoms with Crippen molar-refractivity contribution in [2.75, 3.05) is 4.90 Å². The molecule has 1 fully saturated rings. The lowest BCUT2D eigenvalue weighted by Crippen LogP contribution is -2.65. The molecule has 0 radical (unpaired) electrons. The van der Waals surface area contributed by atoms with E-state index in [4.69, 9.17) is 4.42 Å². The summed E-state index contributed by atoms with van der Waals surface area (Å²) >= 11 is 0. The quantitative estimate of drug-likeness (QED) is 0.634. The monoisotopic (exact) mass is 433 g/mol. The summed E-state index contributed by atoms with van der Waals surface area (Å²) in [5.74, 6) is 0.162. The minimum atomic E-state index is -1.06. The van der Waals surface area contributed by atoms with Gasteiger partial charge in [-0.15, -0.1) is 0 Å². The summed E-state index contributed by atoms with van der Waals surface area (Å²) in [6.07, 6.45) is 6.08. The minimum Gasteiger partial charge on any atom is -0.463 e. The fourth-order valence-corrected chi connectivity index (χ4v) is 5.55. The molecule has 3 unspecified atom stereocenters. The van der Waals surface area contributed by atoms with Crippen molar-refractivity contribution in [3.8, 4) is 0 Å². The molecule has 2 aromatic heterocycles. The standard InChI is InChI=1S/C26H31N3O3/c1-16-11-17(2)13-19(12-16)29-24(30)22-14-23-21(9-10-32-23)28(22)15-26(29,4)25(31)27-20-8-6-5-7-18(20)3/h9-14,18,20H,5-8,15H2,1-4H3,(H,27,31). The van der Waals surface area contributed by atoms with Crippen LogP contribution in [0.4, 0.5) is 5.69 Å². The van der Waals surface area contributed by atoms with E-state index >= 15 is 0 Å².